The third-order valence-electron chi connectivity index (χ3n) is 2.34. The van der Waals surface area contributed by atoms with Crippen LogP contribution in [-0.2, 0) is 14.8 Å². The number of rotatable bonds is 3. The van der Waals surface area contributed by atoms with Gasteiger partial charge in [-0.25, -0.2) is 8.42 Å². The average molecular weight is 234 g/mol. The molecule has 2 atom stereocenters. The van der Waals surface area contributed by atoms with Crippen molar-refractivity contribution in [2.45, 2.75) is 18.2 Å². The summed E-state index contributed by atoms with van der Waals surface area (Å²) in [5.41, 5.74) is 0. The van der Waals surface area contributed by atoms with Crippen molar-refractivity contribution in [1.29, 1.82) is 5.26 Å². The van der Waals surface area contributed by atoms with Gasteiger partial charge >= 0.3 is 0 Å². The molecule has 6 nitrogen and oxygen atoms in total. The van der Waals surface area contributed by atoms with E-state index in [-0.39, 0.29) is 19.8 Å². The van der Waals surface area contributed by atoms with Crippen molar-refractivity contribution >= 4 is 10.0 Å². The number of hydrogen-bond acceptors (Lipinski definition) is 5. The fraction of sp³-hybridized carbons (Fsp3) is 0.875. The molecule has 0 saturated carbocycles. The van der Waals surface area contributed by atoms with E-state index in [1.165, 1.54) is 6.92 Å². The minimum absolute atomic E-state index is 0.174. The van der Waals surface area contributed by atoms with Crippen LogP contribution in [0.5, 0.6) is 0 Å². The standard InChI is InChI=1S/C8H14N2O4S/c1-7(4-9)15(12,13)10-2-3-14-6-8(10)5-11/h7-8,11H,2-3,5-6H2,1H3. The molecule has 1 saturated heterocycles. The molecule has 1 N–H and O–H groups in total. The van der Waals surface area contributed by atoms with Gasteiger partial charge in [0.1, 0.15) is 0 Å². The van der Waals surface area contributed by atoms with Crippen LogP contribution in [0.15, 0.2) is 0 Å². The quantitative estimate of drug-likeness (QED) is 0.671. The Morgan fingerprint density at radius 1 is 1.73 bits per heavy atom. The van der Waals surface area contributed by atoms with Crippen LogP contribution in [0.1, 0.15) is 6.92 Å². The third-order valence-corrected chi connectivity index (χ3v) is 4.47. The summed E-state index contributed by atoms with van der Waals surface area (Å²) in [5.74, 6) is 0. The molecule has 0 aromatic heterocycles. The molecule has 1 aliphatic rings. The maximum absolute atomic E-state index is 11.8. The summed E-state index contributed by atoms with van der Waals surface area (Å²) in [6, 6.07) is 1.13. The maximum Gasteiger partial charge on any atom is 0.230 e. The Hall–Kier alpha value is -0.680. The topological polar surface area (TPSA) is 90.6 Å². The number of nitriles is 1. The third kappa shape index (κ3) is 2.46. The first-order valence-electron chi connectivity index (χ1n) is 4.63. The minimum atomic E-state index is -3.64. The van der Waals surface area contributed by atoms with Crippen molar-refractivity contribution in [3.63, 3.8) is 0 Å². The average Bonchev–Trinajstić information content (AvgIpc) is 2.27. The summed E-state index contributed by atoms with van der Waals surface area (Å²) in [6.45, 7) is 1.71. The molecule has 1 aliphatic heterocycles. The van der Waals surface area contributed by atoms with Gasteiger partial charge in [-0.2, -0.15) is 9.57 Å². The van der Waals surface area contributed by atoms with Gasteiger partial charge in [0.15, 0.2) is 5.25 Å². The molecule has 7 heteroatoms. The largest absolute Gasteiger partial charge is 0.395 e. The number of ether oxygens (including phenoxy) is 1. The lowest BCUT2D eigenvalue weighted by Crippen LogP contribution is -2.52. The molecular weight excluding hydrogens is 220 g/mol. The number of hydrogen-bond donors (Lipinski definition) is 1. The monoisotopic (exact) mass is 234 g/mol. The Labute approximate surface area is 89.1 Å². The van der Waals surface area contributed by atoms with Gasteiger partial charge in [0.05, 0.1) is 31.9 Å². The number of nitrogens with zero attached hydrogens (tertiary/aromatic N) is 2. The summed E-state index contributed by atoms with van der Waals surface area (Å²) in [4.78, 5) is 0. The second kappa shape index (κ2) is 4.90. The summed E-state index contributed by atoms with van der Waals surface area (Å²) >= 11 is 0. The van der Waals surface area contributed by atoms with E-state index in [2.05, 4.69) is 0 Å². The lowest BCUT2D eigenvalue weighted by molar-refractivity contribution is 0.0107. The molecule has 15 heavy (non-hydrogen) atoms. The SMILES string of the molecule is CC(C#N)S(=O)(=O)N1CCOCC1CO. The van der Waals surface area contributed by atoms with Crippen LogP contribution in [0, 0.1) is 11.3 Å². The van der Waals surface area contributed by atoms with Gasteiger partial charge in [0.2, 0.25) is 10.0 Å². The van der Waals surface area contributed by atoms with E-state index in [1.807, 2.05) is 0 Å². The van der Waals surface area contributed by atoms with Crippen molar-refractivity contribution in [2.24, 2.45) is 0 Å². The van der Waals surface area contributed by atoms with Gasteiger partial charge in [-0.3, -0.25) is 0 Å². The van der Waals surface area contributed by atoms with E-state index in [0.717, 1.165) is 4.31 Å². The number of morpholine rings is 1. The molecule has 1 rings (SSSR count). The molecule has 0 aromatic carbocycles. The second-order valence-electron chi connectivity index (χ2n) is 3.34. The second-order valence-corrected chi connectivity index (χ2v) is 5.54. The molecule has 2 unspecified atom stereocenters. The summed E-state index contributed by atoms with van der Waals surface area (Å²) < 4.78 is 29.9. The summed E-state index contributed by atoms with van der Waals surface area (Å²) in [5, 5.41) is 16.5. The highest BCUT2D eigenvalue weighted by Crippen LogP contribution is 2.15. The molecule has 0 aliphatic carbocycles. The Balaban J connectivity index is 2.90. The molecule has 0 aromatic rings. The Bertz CT molecular complexity index is 348. The summed E-state index contributed by atoms with van der Waals surface area (Å²) in [6.07, 6.45) is 0. The van der Waals surface area contributed by atoms with E-state index in [0.29, 0.717) is 6.61 Å². The van der Waals surface area contributed by atoms with Gasteiger partial charge in [0, 0.05) is 6.54 Å². The van der Waals surface area contributed by atoms with E-state index >= 15 is 0 Å². The Kier molecular flexibility index (Phi) is 4.04. The highest BCUT2D eigenvalue weighted by Gasteiger charge is 2.36. The maximum atomic E-state index is 11.8. The van der Waals surface area contributed by atoms with Crippen LogP contribution in [0.4, 0.5) is 0 Å². The zero-order chi connectivity index (χ0) is 11.5. The molecular formula is C8H14N2O4S. The van der Waals surface area contributed by atoms with Crippen LogP contribution in [-0.4, -0.2) is 55.5 Å². The fourth-order valence-electron chi connectivity index (χ4n) is 1.39. The van der Waals surface area contributed by atoms with Gasteiger partial charge in [-0.1, -0.05) is 0 Å². The van der Waals surface area contributed by atoms with Crippen molar-refractivity contribution in [3.8, 4) is 6.07 Å². The predicted octanol–water partition coefficient (Wildman–Crippen LogP) is -1.08. The Morgan fingerprint density at radius 2 is 2.40 bits per heavy atom. The van der Waals surface area contributed by atoms with Crippen molar-refractivity contribution in [3.05, 3.63) is 0 Å². The van der Waals surface area contributed by atoms with Crippen molar-refractivity contribution < 1.29 is 18.3 Å². The van der Waals surface area contributed by atoms with Gasteiger partial charge in [0.25, 0.3) is 0 Å². The fourth-order valence-corrected chi connectivity index (χ4v) is 2.80. The molecule has 0 radical (unpaired) electrons. The van der Waals surface area contributed by atoms with Crippen LogP contribution in [0.25, 0.3) is 0 Å². The zero-order valence-corrected chi connectivity index (χ0v) is 9.27. The van der Waals surface area contributed by atoms with Gasteiger partial charge in [-0.15, -0.1) is 0 Å². The first-order chi connectivity index (χ1) is 7.04. The molecule has 1 heterocycles. The normalized spacial score (nSPS) is 25.8. The Morgan fingerprint density at radius 3 is 2.93 bits per heavy atom. The number of aliphatic hydroxyl groups excluding tert-OH is 1. The van der Waals surface area contributed by atoms with Crippen LogP contribution >= 0.6 is 0 Å². The van der Waals surface area contributed by atoms with Crippen LogP contribution in [0.2, 0.25) is 0 Å². The lowest BCUT2D eigenvalue weighted by Gasteiger charge is -2.33. The van der Waals surface area contributed by atoms with Crippen LogP contribution in [0.3, 0.4) is 0 Å². The van der Waals surface area contributed by atoms with Gasteiger partial charge < -0.3 is 9.84 Å². The first kappa shape index (κ1) is 12.4. The highest BCUT2D eigenvalue weighted by atomic mass is 32.2. The minimum Gasteiger partial charge on any atom is -0.395 e. The number of sulfonamides is 1. The van der Waals surface area contributed by atoms with Crippen molar-refractivity contribution in [1.82, 2.24) is 4.31 Å². The van der Waals surface area contributed by atoms with E-state index in [1.54, 1.807) is 6.07 Å². The molecule has 0 spiro atoms. The van der Waals surface area contributed by atoms with E-state index < -0.39 is 21.3 Å². The van der Waals surface area contributed by atoms with Gasteiger partial charge in [-0.05, 0) is 6.92 Å². The van der Waals surface area contributed by atoms with Crippen molar-refractivity contribution in [2.75, 3.05) is 26.4 Å². The zero-order valence-electron chi connectivity index (χ0n) is 8.46. The first-order valence-corrected chi connectivity index (χ1v) is 6.13. The number of aliphatic hydroxyl groups is 1. The molecule has 0 bridgehead atoms. The lowest BCUT2D eigenvalue weighted by atomic mass is 10.3. The predicted molar refractivity (Wildman–Crippen MR) is 52.4 cm³/mol. The molecule has 0 amide bonds. The smallest absolute Gasteiger partial charge is 0.230 e. The summed E-state index contributed by atoms with van der Waals surface area (Å²) in [7, 11) is -3.64. The van der Waals surface area contributed by atoms with Crippen LogP contribution < -0.4 is 0 Å². The highest BCUT2D eigenvalue weighted by molar-refractivity contribution is 7.90. The molecule has 86 valence electrons. The van der Waals surface area contributed by atoms with E-state index in [9.17, 15) is 8.42 Å². The van der Waals surface area contributed by atoms with E-state index in [4.69, 9.17) is 15.1 Å². The molecule has 1 fully saturated rings.